The van der Waals surface area contributed by atoms with Crippen LogP contribution in [0, 0.1) is 0 Å². The highest BCUT2D eigenvalue weighted by Gasteiger charge is 2.26. The van der Waals surface area contributed by atoms with Crippen molar-refractivity contribution < 1.29 is 9.90 Å². The van der Waals surface area contributed by atoms with Gasteiger partial charge in [0.05, 0.1) is 6.10 Å². The molecule has 4 nitrogen and oxygen atoms in total. The lowest BCUT2D eigenvalue weighted by Gasteiger charge is -2.13. The van der Waals surface area contributed by atoms with Crippen LogP contribution in [0.3, 0.4) is 0 Å². The number of nitrogens with zero attached hydrogens (tertiary/aromatic N) is 1. The van der Waals surface area contributed by atoms with E-state index >= 15 is 0 Å². The van der Waals surface area contributed by atoms with Gasteiger partial charge in [0.2, 0.25) is 0 Å². The van der Waals surface area contributed by atoms with Crippen molar-refractivity contribution in [3.63, 3.8) is 0 Å². The van der Waals surface area contributed by atoms with Crippen LogP contribution in [0.5, 0.6) is 0 Å². The Morgan fingerprint density at radius 1 is 1.44 bits per heavy atom. The van der Waals surface area contributed by atoms with E-state index in [2.05, 4.69) is 4.98 Å². The third kappa shape index (κ3) is 1.98. The summed E-state index contributed by atoms with van der Waals surface area (Å²) in [6, 6.07) is 7.29. The smallest absolute Gasteiger partial charge is 0.270 e. The number of nitrogens with one attached hydrogen (secondary N) is 1. The number of amides is 1. The quantitative estimate of drug-likeness (QED) is 0.828. The zero-order chi connectivity index (χ0) is 12.7. The summed E-state index contributed by atoms with van der Waals surface area (Å²) in [4.78, 5) is 16.9. The van der Waals surface area contributed by atoms with Gasteiger partial charge in [-0.05, 0) is 24.6 Å². The highest BCUT2D eigenvalue weighted by Crippen LogP contribution is 2.21. The molecule has 94 valence electrons. The van der Waals surface area contributed by atoms with E-state index in [9.17, 15) is 9.90 Å². The Hall–Kier alpha value is -1.52. The van der Waals surface area contributed by atoms with Gasteiger partial charge in [-0.1, -0.05) is 17.7 Å². The van der Waals surface area contributed by atoms with Gasteiger partial charge in [0.1, 0.15) is 5.69 Å². The van der Waals surface area contributed by atoms with E-state index in [1.165, 1.54) is 0 Å². The number of β-amino-alcohol motifs (C(OH)–C–C–N with tert-alkyl or cyclic N) is 1. The Kier molecular flexibility index (Phi) is 2.76. The Balaban J connectivity index is 1.92. The monoisotopic (exact) mass is 264 g/mol. The Bertz CT molecular complexity index is 608. The van der Waals surface area contributed by atoms with E-state index in [0.29, 0.717) is 30.2 Å². The van der Waals surface area contributed by atoms with Crippen LogP contribution in [-0.4, -0.2) is 40.1 Å². The number of hydrogen-bond acceptors (Lipinski definition) is 2. The minimum Gasteiger partial charge on any atom is -0.391 e. The van der Waals surface area contributed by atoms with Crippen LogP contribution in [0.15, 0.2) is 24.3 Å². The third-order valence-corrected chi connectivity index (χ3v) is 3.50. The largest absolute Gasteiger partial charge is 0.391 e. The van der Waals surface area contributed by atoms with Crippen LogP contribution in [0.4, 0.5) is 0 Å². The molecule has 0 saturated carbocycles. The molecule has 2 N–H and O–H groups in total. The second kappa shape index (κ2) is 4.30. The van der Waals surface area contributed by atoms with Gasteiger partial charge in [-0.2, -0.15) is 0 Å². The molecule has 2 heterocycles. The molecule has 0 bridgehead atoms. The third-order valence-electron chi connectivity index (χ3n) is 3.27. The van der Waals surface area contributed by atoms with Crippen LogP contribution in [0.2, 0.25) is 5.02 Å². The number of aliphatic hydroxyl groups is 1. The van der Waals surface area contributed by atoms with Crippen molar-refractivity contribution in [1.29, 1.82) is 0 Å². The van der Waals surface area contributed by atoms with Crippen molar-refractivity contribution in [3.05, 3.63) is 35.0 Å². The van der Waals surface area contributed by atoms with Crippen LogP contribution in [0.1, 0.15) is 16.9 Å². The molecule has 1 aliphatic heterocycles. The number of carbonyl (C=O) groups excluding carboxylic acids is 1. The molecule has 0 aliphatic carbocycles. The fourth-order valence-corrected chi connectivity index (χ4v) is 2.48. The lowest BCUT2D eigenvalue weighted by Crippen LogP contribution is -2.29. The number of rotatable bonds is 1. The molecule has 0 radical (unpaired) electrons. The Morgan fingerprint density at radius 2 is 2.28 bits per heavy atom. The molecule has 1 aromatic heterocycles. The van der Waals surface area contributed by atoms with E-state index < -0.39 is 6.10 Å². The molecular formula is C13H13ClN2O2. The molecule has 2 aromatic rings. The number of fused-ring (bicyclic) bond motifs is 1. The minimum atomic E-state index is -0.396. The van der Waals surface area contributed by atoms with Crippen molar-refractivity contribution in [2.45, 2.75) is 12.5 Å². The summed E-state index contributed by atoms with van der Waals surface area (Å²) in [7, 11) is 0. The molecule has 1 saturated heterocycles. The van der Waals surface area contributed by atoms with Crippen LogP contribution < -0.4 is 0 Å². The predicted octanol–water partition coefficient (Wildman–Crippen LogP) is 2.03. The van der Waals surface area contributed by atoms with Crippen molar-refractivity contribution in [2.24, 2.45) is 0 Å². The maximum absolute atomic E-state index is 12.2. The second-order valence-electron chi connectivity index (χ2n) is 4.61. The second-order valence-corrected chi connectivity index (χ2v) is 5.04. The summed E-state index contributed by atoms with van der Waals surface area (Å²) in [5.41, 5.74) is 1.40. The average Bonchev–Trinajstić information content (AvgIpc) is 2.93. The number of aromatic amines is 1. The lowest BCUT2D eigenvalue weighted by molar-refractivity contribution is 0.0760. The molecule has 0 spiro atoms. The van der Waals surface area contributed by atoms with Crippen LogP contribution >= 0.6 is 11.6 Å². The molecular weight excluding hydrogens is 252 g/mol. The van der Waals surface area contributed by atoms with Crippen molar-refractivity contribution in [1.82, 2.24) is 9.88 Å². The Labute approximate surface area is 109 Å². The van der Waals surface area contributed by atoms with Crippen molar-refractivity contribution in [3.8, 4) is 0 Å². The topological polar surface area (TPSA) is 56.3 Å². The summed E-state index contributed by atoms with van der Waals surface area (Å²) in [6.07, 6.45) is 0.255. The zero-order valence-electron chi connectivity index (χ0n) is 9.69. The number of carbonyl (C=O) groups is 1. The molecule has 1 aromatic carbocycles. The first kappa shape index (κ1) is 11.6. The summed E-state index contributed by atoms with van der Waals surface area (Å²) in [6.45, 7) is 1.02. The number of hydrogen-bond donors (Lipinski definition) is 2. The number of halogens is 1. The van der Waals surface area contributed by atoms with E-state index in [-0.39, 0.29) is 5.91 Å². The molecule has 5 heteroatoms. The summed E-state index contributed by atoms with van der Waals surface area (Å²) in [5, 5.41) is 11.0. The molecule has 18 heavy (non-hydrogen) atoms. The van der Waals surface area contributed by atoms with Gasteiger partial charge >= 0.3 is 0 Å². The normalized spacial score (nSPS) is 19.7. The van der Waals surface area contributed by atoms with Gasteiger partial charge in [-0.25, -0.2) is 0 Å². The average molecular weight is 265 g/mol. The van der Waals surface area contributed by atoms with Gasteiger partial charge in [0.15, 0.2) is 0 Å². The molecule has 1 atom stereocenters. The van der Waals surface area contributed by atoms with E-state index in [0.717, 1.165) is 10.9 Å². The van der Waals surface area contributed by atoms with E-state index in [4.69, 9.17) is 11.6 Å². The SMILES string of the molecule is O=C(c1cc2ccc(Cl)cc2[nH]1)N1CC[C@@H](O)C1. The number of likely N-dealkylation sites (tertiary alicyclic amines) is 1. The fourth-order valence-electron chi connectivity index (χ4n) is 2.31. The first-order chi connectivity index (χ1) is 8.63. The van der Waals surface area contributed by atoms with Crippen LogP contribution in [0.25, 0.3) is 10.9 Å². The van der Waals surface area contributed by atoms with Gasteiger partial charge in [0, 0.05) is 29.0 Å². The first-order valence-electron chi connectivity index (χ1n) is 5.89. The predicted molar refractivity (Wildman–Crippen MR) is 69.8 cm³/mol. The highest BCUT2D eigenvalue weighted by atomic mass is 35.5. The van der Waals surface area contributed by atoms with E-state index in [1.54, 1.807) is 17.0 Å². The maximum atomic E-state index is 12.2. The first-order valence-corrected chi connectivity index (χ1v) is 6.27. The van der Waals surface area contributed by atoms with Crippen LogP contribution in [-0.2, 0) is 0 Å². The number of benzene rings is 1. The minimum absolute atomic E-state index is 0.0705. The zero-order valence-corrected chi connectivity index (χ0v) is 10.4. The molecule has 1 aliphatic rings. The number of H-pyrrole nitrogens is 1. The standard InChI is InChI=1S/C13H13ClN2O2/c14-9-2-1-8-5-12(15-11(8)6-9)13(18)16-4-3-10(17)7-16/h1-2,5-6,10,15,17H,3-4,7H2/t10-/m1/s1. The van der Waals surface area contributed by atoms with Gasteiger partial charge < -0.3 is 15.0 Å². The fraction of sp³-hybridized carbons (Fsp3) is 0.308. The molecule has 3 rings (SSSR count). The Morgan fingerprint density at radius 3 is 3.00 bits per heavy atom. The van der Waals surface area contributed by atoms with Crippen molar-refractivity contribution in [2.75, 3.05) is 13.1 Å². The number of aromatic nitrogens is 1. The summed E-state index contributed by atoms with van der Waals surface area (Å²) >= 11 is 5.91. The van der Waals surface area contributed by atoms with Gasteiger partial charge in [-0.3, -0.25) is 4.79 Å². The molecule has 1 amide bonds. The summed E-state index contributed by atoms with van der Waals surface area (Å²) in [5.74, 6) is -0.0705. The highest BCUT2D eigenvalue weighted by molar-refractivity contribution is 6.31. The molecule has 1 fully saturated rings. The van der Waals surface area contributed by atoms with Crippen molar-refractivity contribution >= 4 is 28.4 Å². The lowest BCUT2D eigenvalue weighted by atomic mass is 10.2. The maximum Gasteiger partial charge on any atom is 0.270 e. The number of aliphatic hydroxyl groups excluding tert-OH is 1. The summed E-state index contributed by atoms with van der Waals surface area (Å²) < 4.78 is 0. The molecule has 0 unspecified atom stereocenters. The van der Waals surface area contributed by atoms with Gasteiger partial charge in [0.25, 0.3) is 5.91 Å². The van der Waals surface area contributed by atoms with E-state index in [1.807, 2.05) is 12.1 Å². The van der Waals surface area contributed by atoms with Gasteiger partial charge in [-0.15, -0.1) is 0 Å².